The van der Waals surface area contributed by atoms with Crippen molar-refractivity contribution in [2.24, 2.45) is 0 Å². The predicted octanol–water partition coefficient (Wildman–Crippen LogP) is 12.5. The number of nitriles is 1. The van der Waals surface area contributed by atoms with E-state index in [1.807, 2.05) is 66.7 Å². The molecule has 0 spiro atoms. The lowest BCUT2D eigenvalue weighted by Crippen LogP contribution is -2.37. The van der Waals surface area contributed by atoms with Gasteiger partial charge < -0.3 is 9.80 Å². The highest BCUT2D eigenvalue weighted by atomic mass is 28.3. The van der Waals surface area contributed by atoms with Crippen LogP contribution in [-0.2, 0) is 0 Å². The summed E-state index contributed by atoms with van der Waals surface area (Å²) in [4.78, 5) is 8.38. The lowest BCUT2D eigenvalue weighted by atomic mass is 9.91. The van der Waals surface area contributed by atoms with Crippen molar-refractivity contribution in [2.75, 3.05) is 9.80 Å². The minimum Gasteiger partial charge on any atom is -0.320 e. The van der Waals surface area contributed by atoms with Gasteiger partial charge in [-0.25, -0.2) is 4.85 Å². The molecule has 0 saturated carbocycles. The maximum atomic E-state index is 10.3. The first-order valence-electron chi connectivity index (χ1n) is 16.8. The van der Waals surface area contributed by atoms with Crippen LogP contribution in [0.2, 0.25) is 19.6 Å². The van der Waals surface area contributed by atoms with Gasteiger partial charge in [-0.3, -0.25) is 0 Å². The molecule has 8 aromatic rings. The summed E-state index contributed by atoms with van der Waals surface area (Å²) in [7, 11) is -1.64. The first-order chi connectivity index (χ1) is 24.4. The molecule has 0 aromatic heterocycles. The first kappa shape index (κ1) is 30.9. The molecule has 0 aliphatic heterocycles. The Bertz CT molecular complexity index is 2630. The van der Waals surface area contributed by atoms with E-state index in [9.17, 15) is 5.26 Å². The van der Waals surface area contributed by atoms with Gasteiger partial charge in [-0.15, -0.1) is 0 Å². The number of anilines is 6. The average molecular weight is 659 g/mol. The van der Waals surface area contributed by atoms with Gasteiger partial charge in [0.05, 0.1) is 43.0 Å². The topological polar surface area (TPSA) is 34.6 Å². The van der Waals surface area contributed by atoms with E-state index >= 15 is 0 Å². The Kier molecular flexibility index (Phi) is 7.56. The number of hydrogen-bond acceptors (Lipinski definition) is 3. The van der Waals surface area contributed by atoms with Gasteiger partial charge in [0, 0.05) is 22.1 Å². The molecule has 0 atom stereocenters. The third-order valence-corrected chi connectivity index (χ3v) is 11.6. The van der Waals surface area contributed by atoms with Crippen LogP contribution in [0.5, 0.6) is 0 Å². The van der Waals surface area contributed by atoms with Gasteiger partial charge in [0.1, 0.15) is 6.07 Å². The molecule has 0 aliphatic carbocycles. The SMILES string of the molecule is [C-]#[N+]c1ccccc1N(c1ccccc1)c1ccc2ccc3c(N(c4cccc([Si](C)(C)C)c4)c4ccccc4C#N)ccc4ccc1c2c43. The molecule has 0 fully saturated rings. The van der Waals surface area contributed by atoms with Crippen molar-refractivity contribution in [3.8, 4) is 6.07 Å². The molecular formula is C45H34N4Si. The van der Waals surface area contributed by atoms with Gasteiger partial charge in [-0.2, -0.15) is 5.26 Å². The fraction of sp³-hybridized carbons (Fsp3) is 0.0667. The molecule has 0 unspecified atom stereocenters. The van der Waals surface area contributed by atoms with Crippen LogP contribution in [-0.4, -0.2) is 8.07 Å². The van der Waals surface area contributed by atoms with Crippen LogP contribution in [0.4, 0.5) is 39.8 Å². The Hall–Kier alpha value is -6.40. The lowest BCUT2D eigenvalue weighted by molar-refractivity contribution is 1.28. The van der Waals surface area contributed by atoms with Crippen LogP contribution in [0.25, 0.3) is 37.2 Å². The molecule has 0 aliphatic rings. The zero-order valence-electron chi connectivity index (χ0n) is 28.2. The monoisotopic (exact) mass is 658 g/mol. The van der Waals surface area contributed by atoms with Crippen molar-refractivity contribution in [3.05, 3.63) is 169 Å². The van der Waals surface area contributed by atoms with E-state index in [0.29, 0.717) is 11.3 Å². The van der Waals surface area contributed by atoms with Gasteiger partial charge >= 0.3 is 0 Å². The highest BCUT2D eigenvalue weighted by Crippen LogP contribution is 2.48. The minimum atomic E-state index is -1.64. The van der Waals surface area contributed by atoms with E-state index in [1.54, 1.807) is 0 Å². The van der Waals surface area contributed by atoms with Crippen LogP contribution >= 0.6 is 0 Å². The molecule has 0 radical (unpaired) electrons. The van der Waals surface area contributed by atoms with Crippen molar-refractivity contribution in [3.63, 3.8) is 0 Å². The zero-order valence-corrected chi connectivity index (χ0v) is 29.2. The molecule has 0 N–H and O–H groups in total. The van der Waals surface area contributed by atoms with E-state index in [-0.39, 0.29) is 0 Å². The van der Waals surface area contributed by atoms with Crippen molar-refractivity contribution in [1.29, 1.82) is 5.26 Å². The van der Waals surface area contributed by atoms with Gasteiger partial charge in [0.25, 0.3) is 0 Å². The Morgan fingerprint density at radius 3 is 1.70 bits per heavy atom. The normalized spacial score (nSPS) is 11.5. The summed E-state index contributed by atoms with van der Waals surface area (Å²) < 4.78 is 0. The summed E-state index contributed by atoms with van der Waals surface area (Å²) in [5.41, 5.74) is 6.96. The van der Waals surface area contributed by atoms with Crippen molar-refractivity contribution in [2.45, 2.75) is 19.6 Å². The molecule has 5 heteroatoms. The molecule has 8 aromatic carbocycles. The fourth-order valence-electron chi connectivity index (χ4n) is 7.18. The van der Waals surface area contributed by atoms with E-state index in [2.05, 4.69) is 125 Å². The maximum Gasteiger partial charge on any atom is 0.210 e. The Morgan fingerprint density at radius 2 is 1.08 bits per heavy atom. The van der Waals surface area contributed by atoms with Gasteiger partial charge in [0.2, 0.25) is 5.69 Å². The van der Waals surface area contributed by atoms with Crippen molar-refractivity contribution < 1.29 is 0 Å². The van der Waals surface area contributed by atoms with Crippen LogP contribution < -0.4 is 15.0 Å². The Morgan fingerprint density at radius 1 is 0.540 bits per heavy atom. The Labute approximate surface area is 293 Å². The quantitative estimate of drug-likeness (QED) is 0.0971. The molecule has 0 bridgehead atoms. The summed E-state index contributed by atoms with van der Waals surface area (Å²) >= 11 is 0. The summed E-state index contributed by atoms with van der Waals surface area (Å²) in [5.74, 6) is 0. The molecule has 0 saturated heterocycles. The first-order valence-corrected chi connectivity index (χ1v) is 20.3. The highest BCUT2D eigenvalue weighted by molar-refractivity contribution is 6.88. The van der Waals surface area contributed by atoms with E-state index < -0.39 is 8.07 Å². The van der Waals surface area contributed by atoms with E-state index in [0.717, 1.165) is 55.7 Å². The van der Waals surface area contributed by atoms with E-state index in [1.165, 1.54) is 16.0 Å². The summed E-state index contributed by atoms with van der Waals surface area (Å²) in [6.45, 7) is 15.1. The number of para-hydroxylation sites is 4. The molecule has 8 rings (SSSR count). The van der Waals surface area contributed by atoms with Crippen LogP contribution in [0, 0.1) is 17.9 Å². The molecule has 4 nitrogen and oxygen atoms in total. The van der Waals surface area contributed by atoms with Crippen molar-refractivity contribution in [1.82, 2.24) is 0 Å². The summed E-state index contributed by atoms with van der Waals surface area (Å²) in [6, 6.07) is 54.9. The second-order valence-corrected chi connectivity index (χ2v) is 18.7. The second kappa shape index (κ2) is 12.2. The van der Waals surface area contributed by atoms with Crippen LogP contribution in [0.15, 0.2) is 152 Å². The third-order valence-electron chi connectivity index (χ3n) is 9.59. The predicted molar refractivity (Wildman–Crippen MR) is 213 cm³/mol. The number of nitrogens with zero attached hydrogens (tertiary/aromatic N) is 4. The molecular weight excluding hydrogens is 625 g/mol. The summed E-state index contributed by atoms with van der Waals surface area (Å²) in [6.07, 6.45) is 0. The lowest BCUT2D eigenvalue weighted by Gasteiger charge is -2.30. The molecule has 0 heterocycles. The summed E-state index contributed by atoms with van der Waals surface area (Å²) in [5, 5.41) is 18.5. The molecule has 0 amide bonds. The highest BCUT2D eigenvalue weighted by Gasteiger charge is 2.24. The third kappa shape index (κ3) is 5.13. The maximum absolute atomic E-state index is 10.3. The van der Waals surface area contributed by atoms with Gasteiger partial charge in [0.15, 0.2) is 0 Å². The second-order valence-electron chi connectivity index (χ2n) is 13.6. The van der Waals surface area contributed by atoms with Gasteiger partial charge in [-0.05, 0) is 76.1 Å². The average Bonchev–Trinajstić information content (AvgIpc) is 3.15. The smallest absolute Gasteiger partial charge is 0.210 e. The fourth-order valence-corrected chi connectivity index (χ4v) is 8.35. The van der Waals surface area contributed by atoms with Gasteiger partial charge in [-0.1, -0.05) is 122 Å². The number of hydrogen-bond donors (Lipinski definition) is 0. The molecule has 238 valence electrons. The largest absolute Gasteiger partial charge is 0.320 e. The van der Waals surface area contributed by atoms with Crippen LogP contribution in [0.3, 0.4) is 0 Å². The Balaban J connectivity index is 1.43. The minimum absolute atomic E-state index is 0.594. The standard InChI is InChI=1S/C45H34N4Si/c1-47-39-18-9-11-20-43(39)48(34-14-6-5-7-15-34)41-27-23-31-22-26-38-42(28-24-32-21-25-37(41)44(31)45(32)38)49(40-19-10-8-13-33(40)30-46)35-16-12-17-36(29-35)50(2,3)4/h5-29H,2-4H3. The number of benzene rings is 8. The molecule has 50 heavy (non-hydrogen) atoms. The van der Waals surface area contributed by atoms with Crippen molar-refractivity contribution >= 4 is 85.4 Å². The zero-order chi connectivity index (χ0) is 34.4. The van der Waals surface area contributed by atoms with Crippen LogP contribution in [0.1, 0.15) is 5.56 Å². The van der Waals surface area contributed by atoms with E-state index in [4.69, 9.17) is 6.57 Å². The number of rotatable bonds is 7.